The van der Waals surface area contributed by atoms with Crippen molar-refractivity contribution < 1.29 is 9.90 Å². The molecule has 0 saturated carbocycles. The number of carbonyl (C=O) groups is 1. The fourth-order valence-electron chi connectivity index (χ4n) is 1.49. The van der Waals surface area contributed by atoms with Gasteiger partial charge in [-0.15, -0.1) is 0 Å². The zero-order valence-corrected chi connectivity index (χ0v) is 12.7. The minimum absolute atomic E-state index is 0.0233. The number of carbonyl (C=O) groups excluding carboxylic acids is 1. The first-order valence-corrected chi connectivity index (χ1v) is 6.83. The summed E-state index contributed by atoms with van der Waals surface area (Å²) in [7, 11) is 0. The summed E-state index contributed by atoms with van der Waals surface area (Å²) in [5.74, 6) is 0.0700. The highest BCUT2D eigenvalue weighted by Gasteiger charge is 2.16. The van der Waals surface area contributed by atoms with Crippen LogP contribution in [-0.2, 0) is 0 Å². The zero-order valence-electron chi connectivity index (χ0n) is 12.7. The van der Waals surface area contributed by atoms with Gasteiger partial charge in [0.1, 0.15) is 0 Å². The van der Waals surface area contributed by atoms with Crippen LogP contribution in [0.3, 0.4) is 0 Å². The summed E-state index contributed by atoms with van der Waals surface area (Å²) in [5.41, 5.74) is 0.297. The van der Waals surface area contributed by atoms with E-state index in [1.54, 1.807) is 0 Å². The Morgan fingerprint density at radius 1 is 1.17 bits per heavy atom. The van der Waals surface area contributed by atoms with Gasteiger partial charge in [0.15, 0.2) is 0 Å². The number of urea groups is 1. The molecule has 0 rings (SSSR count). The first-order chi connectivity index (χ1) is 8.15. The van der Waals surface area contributed by atoms with Crippen LogP contribution in [0.4, 0.5) is 4.79 Å². The molecule has 0 aromatic heterocycles. The minimum Gasteiger partial charge on any atom is -0.396 e. The van der Waals surface area contributed by atoms with Crippen molar-refractivity contribution >= 4 is 6.03 Å². The maximum absolute atomic E-state index is 11.7. The fourth-order valence-corrected chi connectivity index (χ4v) is 1.49. The van der Waals surface area contributed by atoms with Crippen molar-refractivity contribution in [2.45, 2.75) is 66.5 Å². The molecule has 0 bridgehead atoms. The largest absolute Gasteiger partial charge is 0.396 e. The molecule has 3 atom stereocenters. The van der Waals surface area contributed by atoms with E-state index in [4.69, 9.17) is 5.11 Å². The average Bonchev–Trinajstić information content (AvgIpc) is 2.24. The molecule has 0 aliphatic heterocycles. The van der Waals surface area contributed by atoms with Gasteiger partial charge in [-0.2, -0.15) is 0 Å². The van der Waals surface area contributed by atoms with Crippen molar-refractivity contribution in [1.82, 2.24) is 10.6 Å². The summed E-state index contributed by atoms with van der Waals surface area (Å²) < 4.78 is 0. The second-order valence-corrected chi connectivity index (χ2v) is 6.57. The molecule has 0 fully saturated rings. The van der Waals surface area contributed by atoms with E-state index in [9.17, 15) is 4.79 Å². The van der Waals surface area contributed by atoms with Crippen LogP contribution in [0.1, 0.15) is 54.4 Å². The van der Waals surface area contributed by atoms with Gasteiger partial charge in [-0.1, -0.05) is 27.7 Å². The van der Waals surface area contributed by atoms with Gasteiger partial charge in [0, 0.05) is 18.7 Å². The van der Waals surface area contributed by atoms with Crippen LogP contribution in [0.5, 0.6) is 0 Å². The Morgan fingerprint density at radius 3 is 2.17 bits per heavy atom. The highest BCUT2D eigenvalue weighted by atomic mass is 16.3. The van der Waals surface area contributed by atoms with Crippen LogP contribution in [0, 0.1) is 11.3 Å². The zero-order chi connectivity index (χ0) is 14.3. The number of aliphatic hydroxyl groups is 1. The molecule has 18 heavy (non-hydrogen) atoms. The summed E-state index contributed by atoms with van der Waals surface area (Å²) in [5, 5.41) is 14.8. The van der Waals surface area contributed by atoms with Gasteiger partial charge in [0.05, 0.1) is 0 Å². The molecular weight excluding hydrogens is 228 g/mol. The Labute approximate surface area is 112 Å². The SMILES string of the molecule is CC(CCC(C)(C)C)NC(=O)NC(C)C(C)CO. The van der Waals surface area contributed by atoms with Crippen molar-refractivity contribution in [3.05, 3.63) is 0 Å². The quantitative estimate of drug-likeness (QED) is 0.685. The molecule has 4 nitrogen and oxygen atoms in total. The van der Waals surface area contributed by atoms with Crippen molar-refractivity contribution in [2.75, 3.05) is 6.61 Å². The lowest BCUT2D eigenvalue weighted by molar-refractivity contribution is 0.198. The van der Waals surface area contributed by atoms with Crippen LogP contribution in [0.15, 0.2) is 0 Å². The molecule has 0 radical (unpaired) electrons. The molecule has 3 N–H and O–H groups in total. The average molecular weight is 258 g/mol. The molecule has 0 heterocycles. The molecule has 0 saturated heterocycles. The first kappa shape index (κ1) is 17.2. The second kappa shape index (κ2) is 7.62. The molecule has 0 aliphatic carbocycles. The predicted molar refractivity (Wildman–Crippen MR) is 75.5 cm³/mol. The van der Waals surface area contributed by atoms with Crippen molar-refractivity contribution in [3.63, 3.8) is 0 Å². The van der Waals surface area contributed by atoms with Crippen molar-refractivity contribution in [3.8, 4) is 0 Å². The number of hydrogen-bond donors (Lipinski definition) is 3. The third-order valence-electron chi connectivity index (χ3n) is 3.21. The van der Waals surface area contributed by atoms with E-state index in [0.717, 1.165) is 12.8 Å². The van der Waals surface area contributed by atoms with Crippen LogP contribution in [0.25, 0.3) is 0 Å². The maximum atomic E-state index is 11.7. The summed E-state index contributed by atoms with van der Waals surface area (Å²) in [6, 6.07) is -0.00474. The van der Waals surface area contributed by atoms with Gasteiger partial charge >= 0.3 is 6.03 Å². The van der Waals surface area contributed by atoms with E-state index >= 15 is 0 Å². The summed E-state index contributed by atoms with van der Waals surface area (Å²) in [4.78, 5) is 11.7. The molecule has 0 aliphatic rings. The molecule has 4 heteroatoms. The lowest BCUT2D eigenvalue weighted by Gasteiger charge is -2.24. The van der Waals surface area contributed by atoms with E-state index in [1.165, 1.54) is 0 Å². The first-order valence-electron chi connectivity index (χ1n) is 6.83. The molecule has 108 valence electrons. The summed E-state index contributed by atoms with van der Waals surface area (Å²) >= 11 is 0. The molecule has 0 aromatic rings. The highest BCUT2D eigenvalue weighted by Crippen LogP contribution is 2.21. The second-order valence-electron chi connectivity index (χ2n) is 6.57. The number of amides is 2. The van der Waals surface area contributed by atoms with E-state index in [1.807, 2.05) is 20.8 Å². The van der Waals surface area contributed by atoms with E-state index in [2.05, 4.69) is 31.4 Å². The Balaban J connectivity index is 3.94. The highest BCUT2D eigenvalue weighted by molar-refractivity contribution is 5.74. The molecule has 3 unspecified atom stereocenters. The molecule has 0 spiro atoms. The van der Waals surface area contributed by atoms with Gasteiger partial charge < -0.3 is 15.7 Å². The van der Waals surface area contributed by atoms with Gasteiger partial charge in [-0.25, -0.2) is 4.79 Å². The third-order valence-corrected chi connectivity index (χ3v) is 3.21. The van der Waals surface area contributed by atoms with Gasteiger partial charge in [-0.05, 0) is 38.0 Å². The lowest BCUT2D eigenvalue weighted by atomic mass is 9.89. The van der Waals surface area contributed by atoms with Crippen LogP contribution in [0.2, 0.25) is 0 Å². The minimum atomic E-state index is -0.149. The number of hydrogen-bond acceptors (Lipinski definition) is 2. The molecule has 0 aromatic carbocycles. The maximum Gasteiger partial charge on any atom is 0.315 e. The van der Waals surface area contributed by atoms with Gasteiger partial charge in [0.2, 0.25) is 0 Å². The normalized spacial score (nSPS) is 16.8. The molecular formula is C14H30N2O2. The Kier molecular flexibility index (Phi) is 7.29. The number of nitrogens with one attached hydrogen (secondary N) is 2. The summed E-state index contributed by atoms with van der Waals surface area (Å²) in [6.07, 6.45) is 2.05. The van der Waals surface area contributed by atoms with Gasteiger partial charge in [-0.3, -0.25) is 0 Å². The van der Waals surface area contributed by atoms with Crippen LogP contribution >= 0.6 is 0 Å². The van der Waals surface area contributed by atoms with Crippen molar-refractivity contribution in [2.24, 2.45) is 11.3 Å². The summed E-state index contributed by atoms with van der Waals surface area (Å²) in [6.45, 7) is 12.5. The predicted octanol–water partition coefficient (Wildman–Crippen LogP) is 2.52. The number of rotatable bonds is 6. The monoisotopic (exact) mass is 258 g/mol. The Hall–Kier alpha value is -0.770. The molecule has 2 amide bonds. The lowest BCUT2D eigenvalue weighted by Crippen LogP contribution is -2.47. The fraction of sp³-hybridized carbons (Fsp3) is 0.929. The van der Waals surface area contributed by atoms with Crippen LogP contribution in [-0.4, -0.2) is 29.8 Å². The van der Waals surface area contributed by atoms with Crippen LogP contribution < -0.4 is 10.6 Å². The topological polar surface area (TPSA) is 61.4 Å². The Morgan fingerprint density at radius 2 is 1.72 bits per heavy atom. The standard InChI is InChI=1S/C14H30N2O2/c1-10(9-17)12(3)16-13(18)15-11(2)7-8-14(4,5)6/h10-12,17H,7-9H2,1-6H3,(H2,15,16,18). The van der Waals surface area contributed by atoms with Crippen molar-refractivity contribution in [1.29, 1.82) is 0 Å². The number of aliphatic hydroxyl groups excluding tert-OH is 1. The van der Waals surface area contributed by atoms with Gasteiger partial charge in [0.25, 0.3) is 0 Å². The van der Waals surface area contributed by atoms with E-state index < -0.39 is 0 Å². The van der Waals surface area contributed by atoms with E-state index in [0.29, 0.717) is 5.41 Å². The smallest absolute Gasteiger partial charge is 0.315 e. The van der Waals surface area contributed by atoms with E-state index in [-0.39, 0.29) is 30.6 Å². The third kappa shape index (κ3) is 8.34. The Bertz CT molecular complexity index is 249.